The molecule has 19 heavy (non-hydrogen) atoms. The lowest BCUT2D eigenvalue weighted by Gasteiger charge is -2.15. The minimum Gasteiger partial charge on any atom is -0.391 e. The molecule has 1 atom stereocenters. The molecule has 0 radical (unpaired) electrons. The number of benzene rings is 1. The van der Waals surface area contributed by atoms with E-state index in [-0.39, 0.29) is 18.4 Å². The molecule has 0 aliphatic rings. The Balaban J connectivity index is 2.09. The molecule has 0 aliphatic carbocycles. The van der Waals surface area contributed by atoms with Crippen molar-refractivity contribution in [2.75, 3.05) is 6.54 Å². The molecule has 1 aromatic carbocycles. The molecule has 0 fully saturated rings. The van der Waals surface area contributed by atoms with Gasteiger partial charge in [-0.2, -0.15) is 0 Å². The molecule has 2 aromatic rings. The molecule has 2 rings (SSSR count). The van der Waals surface area contributed by atoms with Gasteiger partial charge in [-0.05, 0) is 30.2 Å². The predicted molar refractivity (Wildman–Crippen MR) is 74.9 cm³/mol. The molecule has 100 valence electrons. The van der Waals surface area contributed by atoms with Gasteiger partial charge < -0.3 is 10.4 Å². The van der Waals surface area contributed by atoms with Gasteiger partial charge in [0.05, 0.1) is 11.6 Å². The van der Waals surface area contributed by atoms with E-state index >= 15 is 0 Å². The highest BCUT2D eigenvalue weighted by molar-refractivity contribution is 5.97. The number of carbonyl (C=O) groups excluding carboxylic acids is 1. The van der Waals surface area contributed by atoms with E-state index in [1.54, 1.807) is 18.3 Å². The quantitative estimate of drug-likeness (QED) is 0.881. The Morgan fingerprint density at radius 2 is 2.16 bits per heavy atom. The molecule has 0 aliphatic heterocycles. The van der Waals surface area contributed by atoms with Crippen LogP contribution in [-0.4, -0.2) is 28.6 Å². The van der Waals surface area contributed by atoms with Crippen LogP contribution in [0.4, 0.5) is 0 Å². The van der Waals surface area contributed by atoms with Gasteiger partial charge in [0.1, 0.15) is 0 Å². The van der Waals surface area contributed by atoms with E-state index in [2.05, 4.69) is 10.3 Å². The van der Waals surface area contributed by atoms with Gasteiger partial charge in [-0.3, -0.25) is 9.78 Å². The van der Waals surface area contributed by atoms with Crippen LogP contribution < -0.4 is 5.32 Å². The van der Waals surface area contributed by atoms with Crippen molar-refractivity contribution in [2.45, 2.75) is 20.0 Å². The van der Waals surface area contributed by atoms with Crippen LogP contribution in [0.15, 0.2) is 36.5 Å². The van der Waals surface area contributed by atoms with Crippen molar-refractivity contribution in [1.82, 2.24) is 10.3 Å². The molecule has 4 nitrogen and oxygen atoms in total. The van der Waals surface area contributed by atoms with Gasteiger partial charge in [-0.1, -0.05) is 19.9 Å². The number of aliphatic hydroxyl groups is 1. The van der Waals surface area contributed by atoms with Gasteiger partial charge in [-0.25, -0.2) is 0 Å². The average molecular weight is 258 g/mol. The van der Waals surface area contributed by atoms with Crippen LogP contribution in [0.5, 0.6) is 0 Å². The first kappa shape index (κ1) is 13.5. The highest BCUT2D eigenvalue weighted by Gasteiger charge is 2.12. The summed E-state index contributed by atoms with van der Waals surface area (Å²) in [5, 5.41) is 13.3. The summed E-state index contributed by atoms with van der Waals surface area (Å²) < 4.78 is 0. The third kappa shape index (κ3) is 3.29. The lowest BCUT2D eigenvalue weighted by Crippen LogP contribution is -2.34. The second-order valence-corrected chi connectivity index (χ2v) is 4.93. The summed E-state index contributed by atoms with van der Waals surface area (Å²) >= 11 is 0. The van der Waals surface area contributed by atoms with E-state index in [0.717, 1.165) is 10.9 Å². The summed E-state index contributed by atoms with van der Waals surface area (Å²) in [5.41, 5.74) is 1.44. The lowest BCUT2D eigenvalue weighted by atomic mass is 10.1. The van der Waals surface area contributed by atoms with E-state index in [0.29, 0.717) is 5.56 Å². The zero-order valence-corrected chi connectivity index (χ0v) is 11.1. The molecular weight excluding hydrogens is 240 g/mol. The largest absolute Gasteiger partial charge is 0.391 e. The lowest BCUT2D eigenvalue weighted by molar-refractivity contribution is 0.0871. The second-order valence-electron chi connectivity index (χ2n) is 4.93. The van der Waals surface area contributed by atoms with E-state index in [9.17, 15) is 9.90 Å². The Labute approximate surface area is 112 Å². The Kier molecular flexibility index (Phi) is 4.12. The van der Waals surface area contributed by atoms with Gasteiger partial charge in [0, 0.05) is 23.7 Å². The number of carbonyl (C=O) groups is 1. The zero-order valence-electron chi connectivity index (χ0n) is 11.1. The van der Waals surface area contributed by atoms with E-state index in [1.165, 1.54) is 0 Å². The molecule has 1 heterocycles. The van der Waals surface area contributed by atoms with Crippen LogP contribution in [0.1, 0.15) is 24.2 Å². The number of aliphatic hydroxyl groups excluding tert-OH is 1. The normalized spacial score (nSPS) is 12.6. The molecule has 0 saturated heterocycles. The number of pyridine rings is 1. The molecule has 1 unspecified atom stereocenters. The Morgan fingerprint density at radius 1 is 1.37 bits per heavy atom. The fourth-order valence-electron chi connectivity index (χ4n) is 1.75. The molecule has 0 spiro atoms. The highest BCUT2D eigenvalue weighted by Crippen LogP contribution is 2.13. The summed E-state index contributed by atoms with van der Waals surface area (Å²) in [6.45, 7) is 4.10. The molecule has 1 aromatic heterocycles. The molecule has 2 N–H and O–H groups in total. The molecule has 4 heteroatoms. The fraction of sp³-hybridized carbons (Fsp3) is 0.333. The Morgan fingerprint density at radius 3 is 2.89 bits per heavy atom. The summed E-state index contributed by atoms with van der Waals surface area (Å²) in [4.78, 5) is 16.2. The van der Waals surface area contributed by atoms with Gasteiger partial charge in [0.2, 0.25) is 0 Å². The van der Waals surface area contributed by atoms with Crippen LogP contribution >= 0.6 is 0 Å². The van der Waals surface area contributed by atoms with Gasteiger partial charge in [-0.15, -0.1) is 0 Å². The maximum Gasteiger partial charge on any atom is 0.251 e. The first-order valence-electron chi connectivity index (χ1n) is 6.39. The van der Waals surface area contributed by atoms with Crippen LogP contribution in [-0.2, 0) is 0 Å². The topological polar surface area (TPSA) is 62.2 Å². The Bertz CT molecular complexity index is 581. The van der Waals surface area contributed by atoms with Gasteiger partial charge in [0.25, 0.3) is 5.91 Å². The smallest absolute Gasteiger partial charge is 0.251 e. The number of fused-ring (bicyclic) bond motifs is 1. The summed E-state index contributed by atoms with van der Waals surface area (Å²) in [7, 11) is 0. The number of hydrogen-bond acceptors (Lipinski definition) is 3. The van der Waals surface area contributed by atoms with Crippen molar-refractivity contribution in [2.24, 2.45) is 5.92 Å². The molecule has 1 amide bonds. The highest BCUT2D eigenvalue weighted by atomic mass is 16.3. The summed E-state index contributed by atoms with van der Waals surface area (Å²) in [5.74, 6) is -0.0495. The number of rotatable bonds is 4. The minimum absolute atomic E-state index is 0.126. The minimum atomic E-state index is -0.522. The fourth-order valence-corrected chi connectivity index (χ4v) is 1.75. The average Bonchev–Trinajstić information content (AvgIpc) is 2.43. The summed E-state index contributed by atoms with van der Waals surface area (Å²) in [6, 6.07) is 9.13. The van der Waals surface area contributed by atoms with Gasteiger partial charge in [0.15, 0.2) is 0 Å². The van der Waals surface area contributed by atoms with Crippen molar-refractivity contribution in [1.29, 1.82) is 0 Å². The standard InChI is InChI=1S/C15H18N2O2/c1-10(2)14(18)9-17-15(19)12-5-6-13-11(8-12)4-3-7-16-13/h3-8,10,14,18H,9H2,1-2H3,(H,17,19). The predicted octanol–water partition coefficient (Wildman–Crippen LogP) is 1.98. The number of nitrogens with one attached hydrogen (secondary N) is 1. The van der Waals surface area contributed by atoms with Crippen molar-refractivity contribution in [3.05, 3.63) is 42.1 Å². The van der Waals surface area contributed by atoms with Crippen LogP contribution in [0, 0.1) is 5.92 Å². The summed E-state index contributed by atoms with van der Waals surface area (Å²) in [6.07, 6.45) is 1.20. The molecule has 0 bridgehead atoms. The monoisotopic (exact) mass is 258 g/mol. The third-order valence-corrected chi connectivity index (χ3v) is 3.11. The number of amides is 1. The van der Waals surface area contributed by atoms with Crippen LogP contribution in [0.25, 0.3) is 10.9 Å². The van der Waals surface area contributed by atoms with Crippen LogP contribution in [0.3, 0.4) is 0 Å². The molecule has 0 saturated carbocycles. The first-order chi connectivity index (χ1) is 9.08. The van der Waals surface area contributed by atoms with E-state index < -0.39 is 6.10 Å². The van der Waals surface area contributed by atoms with Gasteiger partial charge >= 0.3 is 0 Å². The maximum absolute atomic E-state index is 12.0. The number of aromatic nitrogens is 1. The van der Waals surface area contributed by atoms with Crippen molar-refractivity contribution < 1.29 is 9.90 Å². The van der Waals surface area contributed by atoms with Crippen molar-refractivity contribution in [3.8, 4) is 0 Å². The SMILES string of the molecule is CC(C)C(O)CNC(=O)c1ccc2ncccc2c1. The van der Waals surface area contributed by atoms with E-state index in [4.69, 9.17) is 0 Å². The maximum atomic E-state index is 12.0. The number of nitrogens with zero attached hydrogens (tertiary/aromatic N) is 1. The second kappa shape index (κ2) is 5.80. The third-order valence-electron chi connectivity index (χ3n) is 3.11. The van der Waals surface area contributed by atoms with Crippen molar-refractivity contribution >= 4 is 16.8 Å². The van der Waals surface area contributed by atoms with Crippen LogP contribution in [0.2, 0.25) is 0 Å². The zero-order chi connectivity index (χ0) is 13.8. The Hall–Kier alpha value is -1.94. The van der Waals surface area contributed by atoms with Crippen molar-refractivity contribution in [3.63, 3.8) is 0 Å². The first-order valence-corrected chi connectivity index (χ1v) is 6.39. The molecular formula is C15H18N2O2. The number of hydrogen-bond donors (Lipinski definition) is 2. The van der Waals surface area contributed by atoms with E-state index in [1.807, 2.05) is 32.0 Å².